The lowest BCUT2D eigenvalue weighted by molar-refractivity contribution is -0.151. The zero-order valence-corrected chi connectivity index (χ0v) is 13.3. The lowest BCUT2D eigenvalue weighted by Gasteiger charge is -2.20. The van der Waals surface area contributed by atoms with Crippen molar-refractivity contribution in [2.75, 3.05) is 6.61 Å². The molecule has 1 rings (SSSR count). The van der Waals surface area contributed by atoms with Crippen LogP contribution in [0.4, 0.5) is 0 Å². The second kappa shape index (κ2) is 9.40. The van der Waals surface area contributed by atoms with Crippen LogP contribution in [0.1, 0.15) is 45.6 Å². The predicted molar refractivity (Wildman–Crippen MR) is 84.4 cm³/mol. The predicted octanol–water partition coefficient (Wildman–Crippen LogP) is 3.08. The van der Waals surface area contributed by atoms with Crippen LogP contribution in [0.3, 0.4) is 0 Å². The number of esters is 1. The first-order valence-corrected chi connectivity index (χ1v) is 7.79. The standard InChI is InChI=1S/C17H27NO3/c1-4-9-16(17(19)20-6-3)21-15-11-8-7-10-13(15)12-14(18)5-2/h7-8,10-11,14,16H,4-6,9,12,18H2,1-3H3. The van der Waals surface area contributed by atoms with Gasteiger partial charge in [-0.2, -0.15) is 0 Å². The number of carbonyl (C=O) groups excluding carboxylic acids is 1. The molecule has 0 aliphatic carbocycles. The van der Waals surface area contributed by atoms with Crippen LogP contribution in [0.25, 0.3) is 0 Å². The summed E-state index contributed by atoms with van der Waals surface area (Å²) < 4.78 is 11.0. The van der Waals surface area contributed by atoms with Crippen LogP contribution in [0.15, 0.2) is 24.3 Å². The van der Waals surface area contributed by atoms with Gasteiger partial charge in [-0.25, -0.2) is 4.79 Å². The summed E-state index contributed by atoms with van der Waals surface area (Å²) in [5, 5.41) is 0. The fourth-order valence-corrected chi connectivity index (χ4v) is 2.09. The highest BCUT2D eigenvalue weighted by molar-refractivity contribution is 5.75. The zero-order valence-electron chi connectivity index (χ0n) is 13.3. The highest BCUT2D eigenvalue weighted by atomic mass is 16.6. The van der Waals surface area contributed by atoms with Crippen molar-refractivity contribution in [2.45, 2.75) is 58.6 Å². The molecular weight excluding hydrogens is 266 g/mol. The average molecular weight is 293 g/mol. The molecule has 0 spiro atoms. The lowest BCUT2D eigenvalue weighted by Crippen LogP contribution is -2.30. The third kappa shape index (κ3) is 5.76. The van der Waals surface area contributed by atoms with Gasteiger partial charge in [0.15, 0.2) is 6.10 Å². The second-order valence-corrected chi connectivity index (χ2v) is 5.13. The Balaban J connectivity index is 2.85. The normalized spacial score (nSPS) is 13.5. The maximum Gasteiger partial charge on any atom is 0.347 e. The highest BCUT2D eigenvalue weighted by Crippen LogP contribution is 2.22. The Labute approximate surface area is 127 Å². The Kier molecular flexibility index (Phi) is 7.83. The van der Waals surface area contributed by atoms with Crippen LogP contribution in [-0.2, 0) is 16.0 Å². The third-order valence-electron chi connectivity index (χ3n) is 3.35. The summed E-state index contributed by atoms with van der Waals surface area (Å²) in [6.07, 6.45) is 2.61. The Morgan fingerprint density at radius 1 is 1.24 bits per heavy atom. The van der Waals surface area contributed by atoms with Crippen molar-refractivity contribution in [3.63, 3.8) is 0 Å². The van der Waals surface area contributed by atoms with E-state index >= 15 is 0 Å². The van der Waals surface area contributed by atoms with Gasteiger partial charge in [0.25, 0.3) is 0 Å². The first-order chi connectivity index (χ1) is 10.1. The van der Waals surface area contributed by atoms with Gasteiger partial charge in [0.05, 0.1) is 6.61 Å². The molecule has 0 saturated carbocycles. The number of nitrogens with two attached hydrogens (primary N) is 1. The molecule has 4 heteroatoms. The van der Waals surface area contributed by atoms with Crippen LogP contribution >= 0.6 is 0 Å². The molecule has 1 aromatic rings. The number of carbonyl (C=O) groups is 1. The van der Waals surface area contributed by atoms with E-state index in [4.69, 9.17) is 15.2 Å². The van der Waals surface area contributed by atoms with Gasteiger partial charge in [0.2, 0.25) is 0 Å². The van der Waals surface area contributed by atoms with Gasteiger partial charge in [0, 0.05) is 6.04 Å². The van der Waals surface area contributed by atoms with E-state index in [2.05, 4.69) is 6.92 Å². The minimum Gasteiger partial charge on any atom is -0.478 e. The van der Waals surface area contributed by atoms with Crippen molar-refractivity contribution < 1.29 is 14.3 Å². The van der Waals surface area contributed by atoms with Crippen molar-refractivity contribution in [1.82, 2.24) is 0 Å². The minimum absolute atomic E-state index is 0.0990. The Morgan fingerprint density at radius 2 is 1.95 bits per heavy atom. The summed E-state index contributed by atoms with van der Waals surface area (Å²) in [6.45, 7) is 6.25. The number of para-hydroxylation sites is 1. The number of ether oxygens (including phenoxy) is 2. The summed E-state index contributed by atoms with van der Waals surface area (Å²) >= 11 is 0. The van der Waals surface area contributed by atoms with Gasteiger partial charge >= 0.3 is 5.97 Å². The van der Waals surface area contributed by atoms with Gasteiger partial charge < -0.3 is 15.2 Å². The monoisotopic (exact) mass is 293 g/mol. The highest BCUT2D eigenvalue weighted by Gasteiger charge is 2.22. The van der Waals surface area contributed by atoms with Crippen molar-refractivity contribution in [1.29, 1.82) is 0 Å². The molecule has 0 fully saturated rings. The molecule has 0 amide bonds. The van der Waals surface area contributed by atoms with E-state index in [-0.39, 0.29) is 12.0 Å². The SMILES string of the molecule is CCCC(Oc1ccccc1CC(N)CC)C(=O)OCC. The smallest absolute Gasteiger partial charge is 0.347 e. The van der Waals surface area contributed by atoms with Gasteiger partial charge in [-0.3, -0.25) is 0 Å². The number of benzene rings is 1. The van der Waals surface area contributed by atoms with E-state index in [1.165, 1.54) is 0 Å². The second-order valence-electron chi connectivity index (χ2n) is 5.13. The van der Waals surface area contributed by atoms with Gasteiger partial charge in [-0.05, 0) is 37.8 Å². The fourth-order valence-electron chi connectivity index (χ4n) is 2.09. The molecule has 0 radical (unpaired) electrons. The fraction of sp³-hybridized carbons (Fsp3) is 0.588. The molecule has 0 aromatic heterocycles. The quantitative estimate of drug-likeness (QED) is 0.711. The number of hydrogen-bond acceptors (Lipinski definition) is 4. The van der Waals surface area contributed by atoms with Crippen molar-refractivity contribution in [3.8, 4) is 5.75 Å². The summed E-state index contributed by atoms with van der Waals surface area (Å²) in [4.78, 5) is 12.0. The molecule has 2 atom stereocenters. The van der Waals surface area contributed by atoms with E-state index < -0.39 is 6.10 Å². The van der Waals surface area contributed by atoms with Gasteiger partial charge in [-0.1, -0.05) is 38.5 Å². The molecule has 2 N–H and O–H groups in total. The minimum atomic E-state index is -0.547. The topological polar surface area (TPSA) is 61.5 Å². The lowest BCUT2D eigenvalue weighted by atomic mass is 10.0. The molecule has 118 valence electrons. The van der Waals surface area contributed by atoms with E-state index in [0.717, 1.165) is 30.6 Å². The van der Waals surface area contributed by atoms with E-state index in [1.807, 2.05) is 31.2 Å². The summed E-state index contributed by atoms with van der Waals surface area (Å²) in [7, 11) is 0. The maximum absolute atomic E-state index is 12.0. The summed E-state index contributed by atoms with van der Waals surface area (Å²) in [5.74, 6) is 0.432. The first kappa shape index (κ1) is 17.5. The van der Waals surface area contributed by atoms with E-state index in [9.17, 15) is 4.79 Å². The molecule has 21 heavy (non-hydrogen) atoms. The third-order valence-corrected chi connectivity index (χ3v) is 3.35. The Bertz CT molecular complexity index is 434. The van der Waals surface area contributed by atoms with Crippen molar-refractivity contribution in [2.24, 2.45) is 5.73 Å². The summed E-state index contributed by atoms with van der Waals surface area (Å²) in [6, 6.07) is 7.86. The average Bonchev–Trinajstić information content (AvgIpc) is 2.48. The van der Waals surface area contributed by atoms with Crippen molar-refractivity contribution in [3.05, 3.63) is 29.8 Å². The maximum atomic E-state index is 12.0. The molecule has 0 aliphatic heterocycles. The van der Waals surface area contributed by atoms with Crippen LogP contribution in [-0.4, -0.2) is 24.7 Å². The number of rotatable bonds is 9. The van der Waals surface area contributed by atoms with E-state index in [0.29, 0.717) is 13.0 Å². The molecule has 1 aromatic carbocycles. The van der Waals surface area contributed by atoms with Gasteiger partial charge in [-0.15, -0.1) is 0 Å². The summed E-state index contributed by atoms with van der Waals surface area (Å²) in [5.41, 5.74) is 7.06. The number of hydrogen-bond donors (Lipinski definition) is 1. The van der Waals surface area contributed by atoms with Gasteiger partial charge in [0.1, 0.15) is 5.75 Å². The van der Waals surface area contributed by atoms with Crippen LogP contribution in [0, 0.1) is 0 Å². The zero-order chi connectivity index (χ0) is 15.7. The molecule has 4 nitrogen and oxygen atoms in total. The van der Waals surface area contributed by atoms with Crippen LogP contribution in [0.2, 0.25) is 0 Å². The molecule has 0 saturated heterocycles. The Hall–Kier alpha value is -1.55. The molecule has 0 aliphatic rings. The van der Waals surface area contributed by atoms with Crippen LogP contribution < -0.4 is 10.5 Å². The first-order valence-electron chi connectivity index (χ1n) is 7.79. The van der Waals surface area contributed by atoms with Crippen LogP contribution in [0.5, 0.6) is 5.75 Å². The van der Waals surface area contributed by atoms with E-state index in [1.54, 1.807) is 6.92 Å². The molecular formula is C17H27NO3. The molecule has 2 unspecified atom stereocenters. The molecule has 0 heterocycles. The van der Waals surface area contributed by atoms with Crippen molar-refractivity contribution >= 4 is 5.97 Å². The molecule has 0 bridgehead atoms. The largest absolute Gasteiger partial charge is 0.478 e. The Morgan fingerprint density at radius 3 is 2.57 bits per heavy atom.